The molecular formula is C17H18ClN3O2S2. The molecule has 0 aliphatic rings. The van der Waals surface area contributed by atoms with Crippen molar-refractivity contribution >= 4 is 50.4 Å². The SMILES string of the molecule is CCOCCn1c(=NC(=O)c2sc(C)nc2C)sc2cc(Cl)ccc21. The van der Waals surface area contributed by atoms with Crippen molar-refractivity contribution in [1.82, 2.24) is 9.55 Å². The van der Waals surface area contributed by atoms with Gasteiger partial charge in [0.1, 0.15) is 4.88 Å². The predicted molar refractivity (Wildman–Crippen MR) is 103 cm³/mol. The Morgan fingerprint density at radius 3 is 2.84 bits per heavy atom. The molecule has 0 spiro atoms. The molecule has 1 amide bonds. The van der Waals surface area contributed by atoms with Crippen molar-refractivity contribution in [3.8, 4) is 0 Å². The first-order valence-corrected chi connectivity index (χ1v) is 9.90. The van der Waals surface area contributed by atoms with Crippen molar-refractivity contribution in [2.45, 2.75) is 27.3 Å². The molecule has 0 saturated heterocycles. The number of thiazole rings is 2. The number of ether oxygens (including phenoxy) is 1. The van der Waals surface area contributed by atoms with Gasteiger partial charge in [0, 0.05) is 18.2 Å². The summed E-state index contributed by atoms with van der Waals surface area (Å²) in [6.45, 7) is 7.52. The van der Waals surface area contributed by atoms with Crippen LogP contribution in [-0.4, -0.2) is 28.7 Å². The van der Waals surface area contributed by atoms with E-state index in [9.17, 15) is 4.79 Å². The number of carbonyl (C=O) groups is 1. The second-order valence-electron chi connectivity index (χ2n) is 5.41. The Morgan fingerprint density at radius 1 is 1.36 bits per heavy atom. The number of aromatic nitrogens is 2. The summed E-state index contributed by atoms with van der Waals surface area (Å²) in [6.07, 6.45) is 0. The third kappa shape index (κ3) is 4.00. The van der Waals surface area contributed by atoms with Gasteiger partial charge in [0.05, 0.1) is 27.5 Å². The molecule has 0 fully saturated rings. The molecule has 25 heavy (non-hydrogen) atoms. The third-order valence-electron chi connectivity index (χ3n) is 3.60. The number of carbonyl (C=O) groups excluding carboxylic acids is 1. The van der Waals surface area contributed by atoms with Gasteiger partial charge in [-0.25, -0.2) is 4.98 Å². The van der Waals surface area contributed by atoms with Gasteiger partial charge in [-0.3, -0.25) is 4.79 Å². The van der Waals surface area contributed by atoms with Crippen LogP contribution < -0.4 is 4.80 Å². The van der Waals surface area contributed by atoms with Crippen LogP contribution in [0, 0.1) is 13.8 Å². The molecule has 0 aliphatic carbocycles. The molecule has 0 aliphatic heterocycles. The normalized spacial score (nSPS) is 12.2. The lowest BCUT2D eigenvalue weighted by Crippen LogP contribution is -2.19. The number of halogens is 1. The molecule has 3 rings (SSSR count). The number of nitrogens with zero attached hydrogens (tertiary/aromatic N) is 3. The number of hydrogen-bond acceptors (Lipinski definition) is 5. The highest BCUT2D eigenvalue weighted by Gasteiger charge is 2.14. The summed E-state index contributed by atoms with van der Waals surface area (Å²) in [5, 5.41) is 1.53. The van der Waals surface area contributed by atoms with Crippen LogP contribution in [0.1, 0.15) is 27.3 Å². The van der Waals surface area contributed by atoms with E-state index in [0.717, 1.165) is 20.9 Å². The first kappa shape index (κ1) is 18.3. The maximum Gasteiger partial charge on any atom is 0.291 e. The van der Waals surface area contributed by atoms with Crippen LogP contribution in [0.15, 0.2) is 23.2 Å². The van der Waals surface area contributed by atoms with Gasteiger partial charge in [0.15, 0.2) is 4.80 Å². The minimum Gasteiger partial charge on any atom is -0.380 e. The van der Waals surface area contributed by atoms with Gasteiger partial charge in [-0.05, 0) is 39.0 Å². The Bertz CT molecular complexity index is 988. The van der Waals surface area contributed by atoms with Crippen molar-refractivity contribution in [1.29, 1.82) is 0 Å². The van der Waals surface area contributed by atoms with Gasteiger partial charge >= 0.3 is 0 Å². The predicted octanol–water partition coefficient (Wildman–Crippen LogP) is 4.21. The van der Waals surface area contributed by atoms with E-state index in [1.165, 1.54) is 22.7 Å². The van der Waals surface area contributed by atoms with Crippen LogP contribution in [0.25, 0.3) is 10.2 Å². The van der Waals surface area contributed by atoms with E-state index < -0.39 is 0 Å². The first-order valence-electron chi connectivity index (χ1n) is 7.89. The van der Waals surface area contributed by atoms with Gasteiger partial charge in [0.25, 0.3) is 5.91 Å². The molecule has 0 unspecified atom stereocenters. The molecule has 0 N–H and O–H groups in total. The summed E-state index contributed by atoms with van der Waals surface area (Å²) in [7, 11) is 0. The average molecular weight is 396 g/mol. The summed E-state index contributed by atoms with van der Waals surface area (Å²) < 4.78 is 8.47. The van der Waals surface area contributed by atoms with Crippen molar-refractivity contribution in [3.05, 3.63) is 43.6 Å². The quantitative estimate of drug-likeness (QED) is 0.608. The maximum absolute atomic E-state index is 12.6. The summed E-state index contributed by atoms with van der Waals surface area (Å²) in [6, 6.07) is 5.69. The Balaban J connectivity index is 2.08. The molecule has 132 valence electrons. The molecule has 2 aromatic heterocycles. The molecule has 0 saturated carbocycles. The molecule has 5 nitrogen and oxygen atoms in total. The van der Waals surface area contributed by atoms with E-state index in [2.05, 4.69) is 9.98 Å². The van der Waals surface area contributed by atoms with Gasteiger partial charge in [-0.15, -0.1) is 11.3 Å². The van der Waals surface area contributed by atoms with Crippen LogP contribution in [0.3, 0.4) is 0 Å². The number of benzene rings is 1. The summed E-state index contributed by atoms with van der Waals surface area (Å²) in [5.41, 5.74) is 1.72. The summed E-state index contributed by atoms with van der Waals surface area (Å²) >= 11 is 8.93. The van der Waals surface area contributed by atoms with E-state index in [1.54, 1.807) is 0 Å². The summed E-state index contributed by atoms with van der Waals surface area (Å²) in [4.78, 5) is 22.5. The first-order chi connectivity index (χ1) is 12.0. The lowest BCUT2D eigenvalue weighted by atomic mass is 10.3. The minimum absolute atomic E-state index is 0.258. The number of fused-ring (bicyclic) bond motifs is 1. The van der Waals surface area contributed by atoms with Gasteiger partial charge < -0.3 is 9.30 Å². The van der Waals surface area contributed by atoms with Crippen LogP contribution in [0.2, 0.25) is 5.02 Å². The zero-order chi connectivity index (χ0) is 18.0. The van der Waals surface area contributed by atoms with Crippen LogP contribution in [0.5, 0.6) is 0 Å². The number of hydrogen-bond donors (Lipinski definition) is 0. The van der Waals surface area contributed by atoms with Crippen molar-refractivity contribution in [2.24, 2.45) is 4.99 Å². The Kier molecular flexibility index (Phi) is 5.68. The lowest BCUT2D eigenvalue weighted by molar-refractivity contribution is 0.0999. The van der Waals surface area contributed by atoms with Gasteiger partial charge in [-0.2, -0.15) is 4.99 Å². The molecular weight excluding hydrogens is 378 g/mol. The fourth-order valence-corrected chi connectivity index (χ4v) is 4.65. The van der Waals surface area contributed by atoms with E-state index in [1.807, 2.05) is 43.5 Å². The van der Waals surface area contributed by atoms with Gasteiger partial charge in [0.2, 0.25) is 0 Å². The summed E-state index contributed by atoms with van der Waals surface area (Å²) in [5.74, 6) is -0.258. The van der Waals surface area contributed by atoms with Crippen molar-refractivity contribution < 1.29 is 9.53 Å². The fourth-order valence-electron chi connectivity index (χ4n) is 2.52. The van der Waals surface area contributed by atoms with E-state index in [0.29, 0.717) is 34.5 Å². The van der Waals surface area contributed by atoms with E-state index in [-0.39, 0.29) is 5.91 Å². The third-order valence-corrected chi connectivity index (χ3v) is 5.94. The average Bonchev–Trinajstić information content (AvgIpc) is 3.07. The van der Waals surface area contributed by atoms with Crippen molar-refractivity contribution in [3.63, 3.8) is 0 Å². The minimum atomic E-state index is -0.258. The highest BCUT2D eigenvalue weighted by atomic mass is 35.5. The molecule has 3 aromatic rings. The molecule has 0 atom stereocenters. The van der Waals surface area contributed by atoms with E-state index in [4.69, 9.17) is 16.3 Å². The Morgan fingerprint density at radius 2 is 2.16 bits per heavy atom. The second-order valence-corrected chi connectivity index (χ2v) is 8.06. The van der Waals surface area contributed by atoms with Crippen LogP contribution in [-0.2, 0) is 11.3 Å². The fraction of sp³-hybridized carbons (Fsp3) is 0.353. The number of amides is 1. The monoisotopic (exact) mass is 395 g/mol. The molecule has 1 aromatic carbocycles. The zero-order valence-corrected chi connectivity index (χ0v) is 16.6. The Labute approximate surface area is 158 Å². The lowest BCUT2D eigenvalue weighted by Gasteiger charge is -2.05. The molecule has 0 bridgehead atoms. The van der Waals surface area contributed by atoms with Crippen LogP contribution in [0.4, 0.5) is 0 Å². The number of rotatable bonds is 5. The second kappa shape index (κ2) is 7.78. The standard InChI is InChI=1S/C17H18ClN3O2S2/c1-4-23-8-7-21-13-6-5-12(18)9-14(13)25-17(21)20-16(22)15-10(2)19-11(3)24-15/h5-6,9H,4,7-8H2,1-3H3. The van der Waals surface area contributed by atoms with Gasteiger partial charge in [-0.1, -0.05) is 22.9 Å². The largest absolute Gasteiger partial charge is 0.380 e. The van der Waals surface area contributed by atoms with E-state index >= 15 is 0 Å². The zero-order valence-electron chi connectivity index (χ0n) is 14.2. The Hall–Kier alpha value is -1.54. The smallest absolute Gasteiger partial charge is 0.291 e. The maximum atomic E-state index is 12.6. The van der Waals surface area contributed by atoms with Crippen LogP contribution >= 0.6 is 34.3 Å². The number of aryl methyl sites for hydroxylation is 2. The molecule has 0 radical (unpaired) electrons. The highest BCUT2D eigenvalue weighted by molar-refractivity contribution is 7.16. The topological polar surface area (TPSA) is 56.5 Å². The highest BCUT2D eigenvalue weighted by Crippen LogP contribution is 2.22. The van der Waals surface area contributed by atoms with Crippen molar-refractivity contribution in [2.75, 3.05) is 13.2 Å². The molecule has 8 heteroatoms. The molecule has 2 heterocycles.